The number of rotatable bonds is 6. The van der Waals surface area contributed by atoms with Crippen LogP contribution in [0.1, 0.15) is 26.3 Å². The third kappa shape index (κ3) is 5.82. The molecule has 146 valence electrons. The van der Waals surface area contributed by atoms with Crippen LogP contribution in [0.5, 0.6) is 11.6 Å². The molecule has 0 aliphatic carbocycles. The van der Waals surface area contributed by atoms with Crippen molar-refractivity contribution in [3.05, 3.63) is 52.1 Å². The first-order chi connectivity index (χ1) is 12.9. The highest BCUT2D eigenvalue weighted by Crippen LogP contribution is 2.32. The summed E-state index contributed by atoms with van der Waals surface area (Å²) in [6, 6.07) is 9.70. The minimum Gasteiger partial charge on any atom is -0.437 e. The van der Waals surface area contributed by atoms with Crippen molar-refractivity contribution in [2.24, 2.45) is 5.92 Å². The first-order valence-corrected chi connectivity index (χ1v) is 10.1. The summed E-state index contributed by atoms with van der Waals surface area (Å²) in [7, 11) is 0. The highest BCUT2D eigenvalue weighted by molar-refractivity contribution is 6.42. The van der Waals surface area contributed by atoms with E-state index in [2.05, 4.69) is 36.7 Å². The molecular formula is C21H26Cl2N2O2. The Morgan fingerprint density at radius 2 is 1.96 bits per heavy atom. The van der Waals surface area contributed by atoms with Gasteiger partial charge < -0.3 is 9.47 Å². The molecular weight excluding hydrogens is 383 g/mol. The maximum atomic E-state index is 6.16. The van der Waals surface area contributed by atoms with Gasteiger partial charge in [0.15, 0.2) is 0 Å². The lowest BCUT2D eigenvalue weighted by molar-refractivity contribution is -0.0708. The Morgan fingerprint density at radius 3 is 2.70 bits per heavy atom. The van der Waals surface area contributed by atoms with Gasteiger partial charge in [0.05, 0.1) is 17.2 Å². The molecule has 27 heavy (non-hydrogen) atoms. The highest BCUT2D eigenvalue weighted by Gasteiger charge is 2.23. The molecule has 1 saturated heterocycles. The SMILES string of the molecule is CC(Cc1cccc(Oc2nccc(Cl)c2Cl)c1)CN1CC(C)OC(C)C1. The number of aromatic nitrogens is 1. The molecule has 0 saturated carbocycles. The monoisotopic (exact) mass is 408 g/mol. The topological polar surface area (TPSA) is 34.6 Å². The summed E-state index contributed by atoms with van der Waals surface area (Å²) in [4.78, 5) is 6.66. The summed E-state index contributed by atoms with van der Waals surface area (Å²) in [6.45, 7) is 9.62. The molecule has 1 aromatic heterocycles. The second-order valence-corrected chi connectivity index (χ2v) is 8.23. The molecule has 3 rings (SSSR count). The second kappa shape index (κ2) is 9.24. The zero-order valence-corrected chi connectivity index (χ0v) is 17.5. The average molecular weight is 409 g/mol. The Hall–Kier alpha value is -1.33. The normalized spacial score (nSPS) is 21.8. The number of halogens is 2. The Balaban J connectivity index is 1.61. The molecule has 0 bridgehead atoms. The lowest BCUT2D eigenvalue weighted by Crippen LogP contribution is -2.47. The van der Waals surface area contributed by atoms with Gasteiger partial charge in [-0.3, -0.25) is 4.90 Å². The second-order valence-electron chi connectivity index (χ2n) is 7.45. The molecule has 1 aliphatic rings. The van der Waals surface area contributed by atoms with Gasteiger partial charge in [-0.05, 0) is 49.9 Å². The van der Waals surface area contributed by atoms with Gasteiger partial charge in [-0.15, -0.1) is 0 Å². The van der Waals surface area contributed by atoms with E-state index in [1.165, 1.54) is 5.56 Å². The van der Waals surface area contributed by atoms with E-state index in [0.29, 0.717) is 39.8 Å². The lowest BCUT2D eigenvalue weighted by Gasteiger charge is -2.36. The molecule has 0 radical (unpaired) electrons. The van der Waals surface area contributed by atoms with Gasteiger partial charge >= 0.3 is 0 Å². The summed E-state index contributed by atoms with van der Waals surface area (Å²) in [6.07, 6.45) is 3.16. The number of pyridine rings is 1. The minimum absolute atomic E-state index is 0.299. The fourth-order valence-corrected chi connectivity index (χ4v) is 3.95. The Kier molecular flexibility index (Phi) is 6.99. The minimum atomic E-state index is 0.299. The molecule has 1 aliphatic heterocycles. The third-order valence-corrected chi connectivity index (χ3v) is 5.35. The molecule has 6 heteroatoms. The standard InChI is InChI=1S/C21H26Cl2N2O2/c1-14(11-25-12-15(2)26-16(3)13-25)9-17-5-4-6-18(10-17)27-21-20(23)19(22)7-8-24-21/h4-8,10,14-16H,9,11-13H2,1-3H3. The van der Waals surface area contributed by atoms with Gasteiger partial charge in [0.2, 0.25) is 5.88 Å². The largest absolute Gasteiger partial charge is 0.437 e. The van der Waals surface area contributed by atoms with Crippen molar-refractivity contribution in [3.8, 4) is 11.6 Å². The van der Waals surface area contributed by atoms with Crippen LogP contribution in [-0.4, -0.2) is 41.7 Å². The average Bonchev–Trinajstić information content (AvgIpc) is 2.58. The molecule has 4 nitrogen and oxygen atoms in total. The van der Waals surface area contributed by atoms with Crippen molar-refractivity contribution in [1.29, 1.82) is 0 Å². The van der Waals surface area contributed by atoms with Crippen molar-refractivity contribution < 1.29 is 9.47 Å². The van der Waals surface area contributed by atoms with E-state index in [4.69, 9.17) is 32.7 Å². The van der Waals surface area contributed by atoms with Crippen molar-refractivity contribution in [2.45, 2.75) is 39.4 Å². The fraction of sp³-hybridized carbons (Fsp3) is 0.476. The molecule has 0 N–H and O–H groups in total. The lowest BCUT2D eigenvalue weighted by atomic mass is 10.00. The number of nitrogens with zero attached hydrogens (tertiary/aromatic N) is 2. The molecule has 0 amide bonds. The van der Waals surface area contributed by atoms with Crippen LogP contribution < -0.4 is 4.74 Å². The first-order valence-electron chi connectivity index (χ1n) is 9.35. The predicted molar refractivity (Wildman–Crippen MR) is 110 cm³/mol. The molecule has 2 heterocycles. The number of morpholine rings is 1. The maximum absolute atomic E-state index is 6.16. The highest BCUT2D eigenvalue weighted by atomic mass is 35.5. The number of ether oxygens (including phenoxy) is 2. The summed E-state index contributed by atoms with van der Waals surface area (Å²) in [5.74, 6) is 1.57. The Labute approximate surface area is 171 Å². The van der Waals surface area contributed by atoms with Gasteiger partial charge in [-0.1, -0.05) is 42.3 Å². The number of hydrogen-bond donors (Lipinski definition) is 0. The third-order valence-electron chi connectivity index (χ3n) is 4.57. The Bertz CT molecular complexity index is 762. The van der Waals surface area contributed by atoms with Crippen LogP contribution in [0, 0.1) is 5.92 Å². The van der Waals surface area contributed by atoms with E-state index < -0.39 is 0 Å². The van der Waals surface area contributed by atoms with E-state index in [1.807, 2.05) is 18.2 Å². The fourth-order valence-electron chi connectivity index (χ4n) is 3.66. The summed E-state index contributed by atoms with van der Waals surface area (Å²) >= 11 is 12.2. The number of benzene rings is 1. The van der Waals surface area contributed by atoms with Crippen LogP contribution >= 0.6 is 23.2 Å². The molecule has 0 spiro atoms. The van der Waals surface area contributed by atoms with E-state index in [-0.39, 0.29) is 0 Å². The summed E-state index contributed by atoms with van der Waals surface area (Å²) in [5.41, 5.74) is 1.23. The quantitative estimate of drug-likeness (QED) is 0.634. The predicted octanol–water partition coefficient (Wildman–Crippen LogP) is 5.47. The van der Waals surface area contributed by atoms with E-state index in [1.54, 1.807) is 12.3 Å². The van der Waals surface area contributed by atoms with Crippen LogP contribution in [0.25, 0.3) is 0 Å². The van der Waals surface area contributed by atoms with Gasteiger partial charge in [0.1, 0.15) is 10.8 Å². The van der Waals surface area contributed by atoms with E-state index in [0.717, 1.165) is 26.1 Å². The van der Waals surface area contributed by atoms with Crippen molar-refractivity contribution in [1.82, 2.24) is 9.88 Å². The van der Waals surface area contributed by atoms with Crippen LogP contribution in [0.2, 0.25) is 10.0 Å². The van der Waals surface area contributed by atoms with Gasteiger partial charge in [0.25, 0.3) is 0 Å². The molecule has 3 unspecified atom stereocenters. The van der Waals surface area contributed by atoms with Gasteiger partial charge in [-0.25, -0.2) is 4.98 Å². The van der Waals surface area contributed by atoms with Crippen LogP contribution in [0.3, 0.4) is 0 Å². The van der Waals surface area contributed by atoms with Crippen molar-refractivity contribution in [3.63, 3.8) is 0 Å². The van der Waals surface area contributed by atoms with Crippen LogP contribution in [0.4, 0.5) is 0 Å². The molecule has 1 aromatic carbocycles. The zero-order chi connectivity index (χ0) is 19.4. The Morgan fingerprint density at radius 1 is 1.22 bits per heavy atom. The van der Waals surface area contributed by atoms with E-state index in [9.17, 15) is 0 Å². The molecule has 1 fully saturated rings. The zero-order valence-electron chi connectivity index (χ0n) is 16.0. The number of hydrogen-bond acceptors (Lipinski definition) is 4. The summed E-state index contributed by atoms with van der Waals surface area (Å²) in [5, 5.41) is 0.758. The van der Waals surface area contributed by atoms with Crippen molar-refractivity contribution >= 4 is 23.2 Å². The molecule has 2 aromatic rings. The maximum Gasteiger partial charge on any atom is 0.239 e. The molecule has 3 atom stereocenters. The summed E-state index contributed by atoms with van der Waals surface area (Å²) < 4.78 is 11.7. The van der Waals surface area contributed by atoms with Crippen molar-refractivity contribution in [2.75, 3.05) is 19.6 Å². The van der Waals surface area contributed by atoms with Crippen LogP contribution in [0.15, 0.2) is 36.5 Å². The smallest absolute Gasteiger partial charge is 0.239 e. The van der Waals surface area contributed by atoms with Crippen LogP contribution in [-0.2, 0) is 11.2 Å². The van der Waals surface area contributed by atoms with Gasteiger partial charge in [0, 0.05) is 25.8 Å². The van der Waals surface area contributed by atoms with Gasteiger partial charge in [-0.2, -0.15) is 0 Å². The first kappa shape index (κ1) is 20.4. The van der Waals surface area contributed by atoms with E-state index >= 15 is 0 Å².